The van der Waals surface area contributed by atoms with Crippen LogP contribution in [0, 0.1) is 0 Å². The predicted octanol–water partition coefficient (Wildman–Crippen LogP) is 2.41. The maximum absolute atomic E-state index is 11.8. The van der Waals surface area contributed by atoms with E-state index in [-0.39, 0.29) is 18.4 Å². The second-order valence-corrected chi connectivity index (χ2v) is 5.11. The van der Waals surface area contributed by atoms with Crippen LogP contribution in [0.1, 0.15) is 23.6 Å². The van der Waals surface area contributed by atoms with Crippen molar-refractivity contribution in [2.45, 2.75) is 19.1 Å². The number of benzene rings is 2. The molecular formula is C18H22N2O2. The Morgan fingerprint density at radius 1 is 1.05 bits per heavy atom. The quantitative estimate of drug-likeness (QED) is 0.736. The van der Waals surface area contributed by atoms with Crippen LogP contribution in [0.5, 0.6) is 0 Å². The van der Waals surface area contributed by atoms with Gasteiger partial charge in [0.2, 0.25) is 5.91 Å². The van der Waals surface area contributed by atoms with Crippen LogP contribution in [-0.2, 0) is 16.1 Å². The number of hydrogen-bond acceptors (Lipinski definition) is 3. The minimum absolute atomic E-state index is 0.0559. The van der Waals surface area contributed by atoms with Crippen LogP contribution in [-0.4, -0.2) is 19.1 Å². The highest BCUT2D eigenvalue weighted by Crippen LogP contribution is 2.12. The Kier molecular flexibility index (Phi) is 6.61. The lowest BCUT2D eigenvalue weighted by atomic mass is 10.0. The summed E-state index contributed by atoms with van der Waals surface area (Å²) in [7, 11) is 0. The van der Waals surface area contributed by atoms with Crippen LogP contribution in [0.4, 0.5) is 0 Å². The van der Waals surface area contributed by atoms with E-state index in [4.69, 9.17) is 10.5 Å². The van der Waals surface area contributed by atoms with E-state index in [1.807, 2.05) is 60.7 Å². The average Bonchev–Trinajstić information content (AvgIpc) is 2.56. The van der Waals surface area contributed by atoms with Crippen molar-refractivity contribution < 1.29 is 9.53 Å². The van der Waals surface area contributed by atoms with Gasteiger partial charge in [0.1, 0.15) is 0 Å². The molecule has 2 aromatic carbocycles. The second kappa shape index (κ2) is 8.97. The zero-order valence-corrected chi connectivity index (χ0v) is 12.6. The van der Waals surface area contributed by atoms with E-state index in [9.17, 15) is 4.79 Å². The fraction of sp³-hybridized carbons (Fsp3) is 0.278. The zero-order chi connectivity index (χ0) is 15.6. The Balaban J connectivity index is 1.60. The molecule has 1 atom stereocenters. The highest BCUT2D eigenvalue weighted by atomic mass is 16.5. The minimum Gasteiger partial charge on any atom is -0.375 e. The first kappa shape index (κ1) is 16.2. The number of carbonyl (C=O) groups excluding carboxylic acids is 1. The summed E-state index contributed by atoms with van der Waals surface area (Å²) in [5.74, 6) is -0.0559. The van der Waals surface area contributed by atoms with Gasteiger partial charge in [-0.15, -0.1) is 0 Å². The second-order valence-electron chi connectivity index (χ2n) is 5.11. The monoisotopic (exact) mass is 298 g/mol. The Morgan fingerprint density at radius 2 is 1.68 bits per heavy atom. The number of carbonyl (C=O) groups is 1. The zero-order valence-electron chi connectivity index (χ0n) is 12.6. The largest absolute Gasteiger partial charge is 0.375 e. The van der Waals surface area contributed by atoms with E-state index in [2.05, 4.69) is 5.32 Å². The molecule has 0 aliphatic heterocycles. The van der Waals surface area contributed by atoms with Crippen molar-refractivity contribution in [2.24, 2.45) is 5.73 Å². The highest BCUT2D eigenvalue weighted by Gasteiger charge is 2.10. The van der Waals surface area contributed by atoms with Gasteiger partial charge in [-0.3, -0.25) is 4.79 Å². The van der Waals surface area contributed by atoms with E-state index in [1.165, 1.54) is 0 Å². The van der Waals surface area contributed by atoms with Gasteiger partial charge >= 0.3 is 0 Å². The van der Waals surface area contributed by atoms with Crippen LogP contribution < -0.4 is 11.1 Å². The Bertz CT molecular complexity index is 558. The van der Waals surface area contributed by atoms with Crippen molar-refractivity contribution in [2.75, 3.05) is 13.2 Å². The number of rotatable bonds is 8. The molecule has 0 radical (unpaired) electrons. The summed E-state index contributed by atoms with van der Waals surface area (Å²) in [6, 6.07) is 19.3. The third-order valence-electron chi connectivity index (χ3n) is 3.31. The average molecular weight is 298 g/mol. The standard InChI is InChI=1S/C18H22N2O2/c19-17(16-9-5-2-6-10-16)13-18(21)20-11-12-22-14-15-7-3-1-4-8-15/h1-10,17H,11-14,19H2,(H,20,21). The summed E-state index contributed by atoms with van der Waals surface area (Å²) < 4.78 is 5.51. The molecule has 0 bridgehead atoms. The molecule has 0 aliphatic rings. The van der Waals surface area contributed by atoms with Crippen molar-refractivity contribution in [3.63, 3.8) is 0 Å². The molecule has 116 valence electrons. The van der Waals surface area contributed by atoms with Crippen molar-refractivity contribution in [1.29, 1.82) is 0 Å². The molecule has 1 unspecified atom stereocenters. The molecule has 0 saturated heterocycles. The summed E-state index contributed by atoms with van der Waals surface area (Å²) in [4.78, 5) is 11.8. The molecule has 1 amide bonds. The topological polar surface area (TPSA) is 64.4 Å². The van der Waals surface area contributed by atoms with Gasteiger partial charge in [0.25, 0.3) is 0 Å². The molecule has 0 fully saturated rings. The van der Waals surface area contributed by atoms with Gasteiger partial charge in [0.15, 0.2) is 0 Å². The number of hydrogen-bond donors (Lipinski definition) is 2. The normalized spacial score (nSPS) is 11.9. The first-order valence-electron chi connectivity index (χ1n) is 7.44. The van der Waals surface area contributed by atoms with Crippen LogP contribution in [0.15, 0.2) is 60.7 Å². The minimum atomic E-state index is -0.272. The van der Waals surface area contributed by atoms with E-state index in [1.54, 1.807) is 0 Å². The molecular weight excluding hydrogens is 276 g/mol. The van der Waals surface area contributed by atoms with Gasteiger partial charge in [0, 0.05) is 19.0 Å². The van der Waals surface area contributed by atoms with Crippen LogP contribution in [0.25, 0.3) is 0 Å². The molecule has 0 saturated carbocycles. The number of ether oxygens (including phenoxy) is 1. The van der Waals surface area contributed by atoms with Gasteiger partial charge in [-0.05, 0) is 11.1 Å². The Labute approximate surface area is 131 Å². The van der Waals surface area contributed by atoms with Crippen LogP contribution in [0.3, 0.4) is 0 Å². The fourth-order valence-electron chi connectivity index (χ4n) is 2.12. The van der Waals surface area contributed by atoms with Crippen molar-refractivity contribution in [3.8, 4) is 0 Å². The molecule has 22 heavy (non-hydrogen) atoms. The maximum Gasteiger partial charge on any atom is 0.221 e. The maximum atomic E-state index is 11.8. The smallest absolute Gasteiger partial charge is 0.221 e. The lowest BCUT2D eigenvalue weighted by molar-refractivity contribution is -0.121. The summed E-state index contributed by atoms with van der Waals surface area (Å²) in [6.45, 7) is 1.54. The summed E-state index contributed by atoms with van der Waals surface area (Å²) in [6.07, 6.45) is 0.280. The van der Waals surface area contributed by atoms with Crippen LogP contribution in [0.2, 0.25) is 0 Å². The summed E-state index contributed by atoms with van der Waals surface area (Å²) >= 11 is 0. The van der Waals surface area contributed by atoms with E-state index < -0.39 is 0 Å². The summed E-state index contributed by atoms with van der Waals surface area (Å²) in [5, 5.41) is 2.83. The third kappa shape index (κ3) is 5.68. The van der Waals surface area contributed by atoms with Crippen molar-refractivity contribution in [3.05, 3.63) is 71.8 Å². The van der Waals surface area contributed by atoms with Crippen LogP contribution >= 0.6 is 0 Å². The number of nitrogens with one attached hydrogen (secondary N) is 1. The van der Waals surface area contributed by atoms with Gasteiger partial charge in [-0.25, -0.2) is 0 Å². The first-order chi connectivity index (χ1) is 10.8. The molecule has 2 rings (SSSR count). The molecule has 4 nitrogen and oxygen atoms in total. The summed E-state index contributed by atoms with van der Waals surface area (Å²) in [5.41, 5.74) is 8.11. The van der Waals surface area contributed by atoms with Gasteiger partial charge in [-0.2, -0.15) is 0 Å². The molecule has 0 spiro atoms. The van der Waals surface area contributed by atoms with E-state index in [0.717, 1.165) is 11.1 Å². The third-order valence-corrected chi connectivity index (χ3v) is 3.31. The number of amides is 1. The molecule has 4 heteroatoms. The van der Waals surface area contributed by atoms with E-state index >= 15 is 0 Å². The molecule has 0 aromatic heterocycles. The first-order valence-corrected chi connectivity index (χ1v) is 7.44. The lowest BCUT2D eigenvalue weighted by Gasteiger charge is -2.12. The van der Waals surface area contributed by atoms with Crippen molar-refractivity contribution in [1.82, 2.24) is 5.32 Å². The predicted molar refractivity (Wildman–Crippen MR) is 87.1 cm³/mol. The van der Waals surface area contributed by atoms with Crippen molar-refractivity contribution >= 4 is 5.91 Å². The fourth-order valence-corrected chi connectivity index (χ4v) is 2.12. The van der Waals surface area contributed by atoms with E-state index in [0.29, 0.717) is 19.8 Å². The Hall–Kier alpha value is -2.17. The Morgan fingerprint density at radius 3 is 2.36 bits per heavy atom. The highest BCUT2D eigenvalue weighted by molar-refractivity contribution is 5.76. The molecule has 2 aromatic rings. The SMILES string of the molecule is NC(CC(=O)NCCOCc1ccccc1)c1ccccc1. The number of nitrogens with two attached hydrogens (primary N) is 1. The molecule has 3 N–H and O–H groups in total. The molecule has 0 heterocycles. The molecule has 0 aliphatic carbocycles. The van der Waals surface area contributed by atoms with Gasteiger partial charge < -0.3 is 15.8 Å². The van der Waals surface area contributed by atoms with Gasteiger partial charge in [-0.1, -0.05) is 60.7 Å². The van der Waals surface area contributed by atoms with Gasteiger partial charge in [0.05, 0.1) is 13.2 Å². The lowest BCUT2D eigenvalue weighted by Crippen LogP contribution is -2.30.